The Balaban J connectivity index is 2.31. The maximum Gasteiger partial charge on any atom is 0.137 e. The van der Waals surface area contributed by atoms with Gasteiger partial charge in [0.15, 0.2) is 0 Å². The third-order valence-corrected chi connectivity index (χ3v) is 3.51. The van der Waals surface area contributed by atoms with Crippen molar-refractivity contribution in [2.75, 3.05) is 40.4 Å². The third-order valence-electron chi connectivity index (χ3n) is 2.63. The zero-order valence-corrected chi connectivity index (χ0v) is 12.5. The van der Waals surface area contributed by atoms with Gasteiger partial charge in [0, 0.05) is 33.3 Å². The zero-order chi connectivity index (χ0) is 13.4. The predicted molar refractivity (Wildman–Crippen MR) is 75.2 cm³/mol. The van der Waals surface area contributed by atoms with Gasteiger partial charge in [0.2, 0.25) is 0 Å². The molecule has 0 saturated heterocycles. The molecule has 0 bridgehead atoms. The van der Waals surface area contributed by atoms with Crippen LogP contribution in [0, 0.1) is 5.82 Å². The average Bonchev–Trinajstić information content (AvgIpc) is 2.35. The summed E-state index contributed by atoms with van der Waals surface area (Å²) in [4.78, 5) is 2.15. The number of nitrogens with zero attached hydrogens (tertiary/aromatic N) is 1. The topological polar surface area (TPSA) is 24.5 Å². The van der Waals surface area contributed by atoms with Crippen molar-refractivity contribution in [1.29, 1.82) is 0 Å². The predicted octanol–water partition coefficient (Wildman–Crippen LogP) is 2.26. The minimum atomic E-state index is -0.209. The molecule has 0 aliphatic heterocycles. The first-order valence-corrected chi connectivity index (χ1v) is 6.75. The molecule has 0 saturated carbocycles. The normalized spacial score (nSPS) is 11.2. The number of hydrogen-bond donors (Lipinski definition) is 1. The fourth-order valence-electron chi connectivity index (χ4n) is 1.61. The highest BCUT2D eigenvalue weighted by atomic mass is 79.9. The molecule has 3 nitrogen and oxygen atoms in total. The Morgan fingerprint density at radius 3 is 2.89 bits per heavy atom. The van der Waals surface area contributed by atoms with E-state index in [4.69, 9.17) is 4.74 Å². The van der Waals surface area contributed by atoms with Crippen LogP contribution in [0.1, 0.15) is 5.56 Å². The molecule has 0 radical (unpaired) electrons. The molecule has 0 unspecified atom stereocenters. The number of likely N-dealkylation sites (N-methyl/N-ethyl adjacent to an activating group) is 1. The van der Waals surface area contributed by atoms with Gasteiger partial charge in [-0.15, -0.1) is 0 Å². The molecule has 0 fully saturated rings. The molecule has 0 heterocycles. The van der Waals surface area contributed by atoms with E-state index in [0.717, 1.165) is 38.3 Å². The van der Waals surface area contributed by atoms with Gasteiger partial charge in [0.05, 0.1) is 11.1 Å². The summed E-state index contributed by atoms with van der Waals surface area (Å²) in [6.07, 6.45) is 0. The molecule has 0 amide bonds. The van der Waals surface area contributed by atoms with Crippen molar-refractivity contribution in [3.63, 3.8) is 0 Å². The summed E-state index contributed by atoms with van der Waals surface area (Å²) >= 11 is 3.28. The molecule has 0 spiro atoms. The number of methoxy groups -OCH3 is 1. The molecule has 18 heavy (non-hydrogen) atoms. The summed E-state index contributed by atoms with van der Waals surface area (Å²) in [6, 6.07) is 5.13. The number of hydrogen-bond acceptors (Lipinski definition) is 3. The lowest BCUT2D eigenvalue weighted by Crippen LogP contribution is -2.30. The van der Waals surface area contributed by atoms with Crippen LogP contribution in [0.4, 0.5) is 4.39 Å². The standard InChI is InChI=1S/C13H20BrFN2O/c1-17(8-6-16-7-9-18-2)10-11-4-3-5-12(15)13(11)14/h3-5,16H,6-10H2,1-2H3. The minimum Gasteiger partial charge on any atom is -0.383 e. The van der Waals surface area contributed by atoms with Crippen LogP contribution in [0.3, 0.4) is 0 Å². The van der Waals surface area contributed by atoms with Crippen molar-refractivity contribution in [2.45, 2.75) is 6.54 Å². The Morgan fingerprint density at radius 2 is 2.17 bits per heavy atom. The second kappa shape index (κ2) is 8.58. The highest BCUT2D eigenvalue weighted by Gasteiger charge is 2.07. The molecular weight excluding hydrogens is 299 g/mol. The number of nitrogens with one attached hydrogen (secondary N) is 1. The second-order valence-electron chi connectivity index (χ2n) is 4.19. The number of benzene rings is 1. The van der Waals surface area contributed by atoms with Crippen LogP contribution in [0.15, 0.2) is 22.7 Å². The largest absolute Gasteiger partial charge is 0.383 e. The summed E-state index contributed by atoms with van der Waals surface area (Å²) in [6.45, 7) is 4.11. The maximum absolute atomic E-state index is 13.3. The molecule has 0 aliphatic rings. The molecule has 5 heteroatoms. The lowest BCUT2D eigenvalue weighted by Gasteiger charge is -2.18. The van der Waals surface area contributed by atoms with Crippen LogP contribution >= 0.6 is 15.9 Å². The molecule has 1 aromatic carbocycles. The summed E-state index contributed by atoms with van der Waals surface area (Å²) in [5, 5.41) is 3.28. The fraction of sp³-hybridized carbons (Fsp3) is 0.538. The molecule has 102 valence electrons. The van der Waals surface area contributed by atoms with Crippen LogP contribution in [-0.2, 0) is 11.3 Å². The van der Waals surface area contributed by atoms with Crippen molar-refractivity contribution in [1.82, 2.24) is 10.2 Å². The Labute approximate surface area is 116 Å². The Bertz CT molecular complexity index is 363. The summed E-state index contributed by atoms with van der Waals surface area (Å²) in [7, 11) is 3.71. The Hall–Kier alpha value is -0.490. The van der Waals surface area contributed by atoms with Crippen LogP contribution in [-0.4, -0.2) is 45.3 Å². The quantitative estimate of drug-likeness (QED) is 0.744. The van der Waals surface area contributed by atoms with Gasteiger partial charge in [-0.1, -0.05) is 12.1 Å². The van der Waals surface area contributed by atoms with Gasteiger partial charge in [-0.3, -0.25) is 0 Å². The first kappa shape index (κ1) is 15.6. The first-order valence-electron chi connectivity index (χ1n) is 5.96. The summed E-state index contributed by atoms with van der Waals surface area (Å²) in [5.41, 5.74) is 0.967. The van der Waals surface area contributed by atoms with Gasteiger partial charge < -0.3 is 15.0 Å². The van der Waals surface area contributed by atoms with Crippen molar-refractivity contribution in [3.8, 4) is 0 Å². The van der Waals surface area contributed by atoms with E-state index >= 15 is 0 Å². The number of ether oxygens (including phenoxy) is 1. The highest BCUT2D eigenvalue weighted by molar-refractivity contribution is 9.10. The molecule has 1 aromatic rings. The van der Waals surface area contributed by atoms with E-state index in [9.17, 15) is 4.39 Å². The zero-order valence-electron chi connectivity index (χ0n) is 10.9. The second-order valence-corrected chi connectivity index (χ2v) is 4.99. The molecule has 0 atom stereocenters. The van der Waals surface area contributed by atoms with E-state index in [1.54, 1.807) is 13.2 Å². The van der Waals surface area contributed by atoms with Crippen LogP contribution < -0.4 is 5.32 Å². The molecule has 1 rings (SSSR count). The van der Waals surface area contributed by atoms with E-state index in [-0.39, 0.29) is 5.82 Å². The van der Waals surface area contributed by atoms with E-state index in [1.165, 1.54) is 6.07 Å². The lowest BCUT2D eigenvalue weighted by molar-refractivity contribution is 0.197. The molecular formula is C13H20BrFN2O. The van der Waals surface area contributed by atoms with Crippen LogP contribution in [0.5, 0.6) is 0 Å². The Kier molecular flexibility index (Phi) is 7.42. The van der Waals surface area contributed by atoms with Gasteiger partial charge in [0.1, 0.15) is 5.82 Å². The molecule has 0 aliphatic carbocycles. The van der Waals surface area contributed by atoms with Crippen molar-refractivity contribution in [2.24, 2.45) is 0 Å². The molecule has 1 N–H and O–H groups in total. The monoisotopic (exact) mass is 318 g/mol. The number of halogens is 2. The number of rotatable bonds is 8. The van der Waals surface area contributed by atoms with Gasteiger partial charge in [-0.2, -0.15) is 0 Å². The summed E-state index contributed by atoms with van der Waals surface area (Å²) < 4.78 is 18.8. The minimum absolute atomic E-state index is 0.209. The highest BCUT2D eigenvalue weighted by Crippen LogP contribution is 2.21. The van der Waals surface area contributed by atoms with Gasteiger partial charge in [-0.25, -0.2) is 4.39 Å². The van der Waals surface area contributed by atoms with E-state index < -0.39 is 0 Å². The van der Waals surface area contributed by atoms with Crippen LogP contribution in [0.2, 0.25) is 0 Å². The van der Waals surface area contributed by atoms with E-state index in [2.05, 4.69) is 26.1 Å². The third kappa shape index (κ3) is 5.44. The SMILES string of the molecule is COCCNCCN(C)Cc1cccc(F)c1Br. The summed E-state index contributed by atoms with van der Waals surface area (Å²) in [5.74, 6) is -0.209. The fourth-order valence-corrected chi connectivity index (χ4v) is 2.00. The lowest BCUT2D eigenvalue weighted by atomic mass is 10.2. The molecule has 0 aromatic heterocycles. The Morgan fingerprint density at radius 1 is 1.39 bits per heavy atom. The smallest absolute Gasteiger partial charge is 0.137 e. The van der Waals surface area contributed by atoms with Gasteiger partial charge >= 0.3 is 0 Å². The van der Waals surface area contributed by atoms with Crippen molar-refractivity contribution >= 4 is 15.9 Å². The van der Waals surface area contributed by atoms with E-state index in [0.29, 0.717) is 4.47 Å². The maximum atomic E-state index is 13.3. The van der Waals surface area contributed by atoms with Crippen molar-refractivity contribution < 1.29 is 9.13 Å². The van der Waals surface area contributed by atoms with Crippen LogP contribution in [0.25, 0.3) is 0 Å². The average molecular weight is 319 g/mol. The van der Waals surface area contributed by atoms with E-state index in [1.807, 2.05) is 13.1 Å². The van der Waals surface area contributed by atoms with Gasteiger partial charge in [0.25, 0.3) is 0 Å². The van der Waals surface area contributed by atoms with Gasteiger partial charge in [-0.05, 0) is 34.6 Å². The van der Waals surface area contributed by atoms with Crippen molar-refractivity contribution in [3.05, 3.63) is 34.1 Å². The first-order chi connectivity index (χ1) is 8.65.